The highest BCUT2D eigenvalue weighted by atomic mass is 35.5. The molecule has 2 heterocycles. The van der Waals surface area contributed by atoms with Crippen LogP contribution in [0.5, 0.6) is 0 Å². The fourth-order valence-corrected chi connectivity index (χ4v) is 2.64. The van der Waals surface area contributed by atoms with Crippen molar-refractivity contribution in [1.82, 2.24) is 14.7 Å². The van der Waals surface area contributed by atoms with E-state index in [0.29, 0.717) is 22.2 Å². The number of benzene rings is 1. The van der Waals surface area contributed by atoms with Gasteiger partial charge >= 0.3 is 0 Å². The molecule has 2 aromatic heterocycles. The van der Waals surface area contributed by atoms with Crippen molar-refractivity contribution < 1.29 is 9.32 Å². The molecule has 0 saturated heterocycles. The zero-order valence-corrected chi connectivity index (χ0v) is 15.9. The van der Waals surface area contributed by atoms with Crippen molar-refractivity contribution in [2.24, 2.45) is 0 Å². The van der Waals surface area contributed by atoms with Gasteiger partial charge in [-0.15, -0.1) is 0 Å². The third-order valence-corrected chi connectivity index (χ3v) is 4.39. The Labute approximate surface area is 161 Å². The lowest BCUT2D eigenvalue weighted by Crippen LogP contribution is -2.28. The minimum absolute atomic E-state index is 0.0842. The van der Waals surface area contributed by atoms with Crippen LogP contribution in [0.1, 0.15) is 31.2 Å². The maximum Gasteiger partial charge on any atom is 0.274 e. The second-order valence-electron chi connectivity index (χ2n) is 6.46. The van der Waals surface area contributed by atoms with Gasteiger partial charge in [0.25, 0.3) is 11.4 Å². The lowest BCUT2D eigenvalue weighted by Gasteiger charge is -2.11. The number of aryl methyl sites for hydroxylation is 1. The minimum atomic E-state index is -0.368. The first kappa shape index (κ1) is 18.8. The molecule has 0 fully saturated rings. The number of hydrogen-bond donors (Lipinski definition) is 1. The van der Waals surface area contributed by atoms with Crippen molar-refractivity contribution in [1.29, 1.82) is 0 Å². The number of nitrogens with one attached hydrogen (secondary N) is 1. The Morgan fingerprint density at radius 1 is 1.30 bits per heavy atom. The van der Waals surface area contributed by atoms with E-state index in [1.54, 1.807) is 24.3 Å². The summed E-state index contributed by atoms with van der Waals surface area (Å²) in [6, 6.07) is 9.85. The standard InChI is InChI=1S/C19H19ClN4O3/c1-11(2)18-22-19(27-23-18)15-5-4-6-17(26)24(15)10-16(25)21-13-8-7-12(3)14(20)9-13/h4-9,11H,10H2,1-3H3,(H,21,25). The van der Waals surface area contributed by atoms with Crippen LogP contribution >= 0.6 is 11.6 Å². The monoisotopic (exact) mass is 386 g/mol. The van der Waals surface area contributed by atoms with Crippen LogP contribution in [0.4, 0.5) is 5.69 Å². The zero-order valence-electron chi connectivity index (χ0n) is 15.2. The van der Waals surface area contributed by atoms with Gasteiger partial charge in [0.05, 0.1) is 0 Å². The number of nitrogens with zero attached hydrogens (tertiary/aromatic N) is 3. The summed E-state index contributed by atoms with van der Waals surface area (Å²) >= 11 is 6.08. The second kappa shape index (κ2) is 7.75. The van der Waals surface area contributed by atoms with Crippen LogP contribution in [0.2, 0.25) is 5.02 Å². The van der Waals surface area contributed by atoms with Crippen LogP contribution in [0.25, 0.3) is 11.6 Å². The van der Waals surface area contributed by atoms with Gasteiger partial charge in [-0.2, -0.15) is 4.98 Å². The molecule has 140 valence electrons. The van der Waals surface area contributed by atoms with Gasteiger partial charge in [0.2, 0.25) is 5.91 Å². The van der Waals surface area contributed by atoms with E-state index < -0.39 is 0 Å². The number of amides is 1. The Bertz CT molecular complexity index is 1040. The van der Waals surface area contributed by atoms with Gasteiger partial charge in [-0.3, -0.25) is 14.2 Å². The van der Waals surface area contributed by atoms with E-state index in [4.69, 9.17) is 16.1 Å². The summed E-state index contributed by atoms with van der Waals surface area (Å²) in [5, 5.41) is 7.20. The van der Waals surface area contributed by atoms with Gasteiger partial charge in [-0.25, -0.2) is 0 Å². The quantitative estimate of drug-likeness (QED) is 0.723. The molecule has 1 amide bonds. The SMILES string of the molecule is Cc1ccc(NC(=O)Cn2c(-c3nc(C(C)C)no3)cccc2=O)cc1Cl. The molecule has 3 rings (SSSR count). The van der Waals surface area contributed by atoms with Crippen molar-refractivity contribution in [2.45, 2.75) is 33.2 Å². The lowest BCUT2D eigenvalue weighted by molar-refractivity contribution is -0.116. The highest BCUT2D eigenvalue weighted by Crippen LogP contribution is 2.21. The first-order chi connectivity index (χ1) is 12.8. The fraction of sp³-hybridized carbons (Fsp3) is 0.263. The molecule has 0 unspecified atom stereocenters. The number of aromatic nitrogens is 3. The van der Waals surface area contributed by atoms with Crippen LogP contribution in [-0.2, 0) is 11.3 Å². The Balaban J connectivity index is 1.86. The first-order valence-electron chi connectivity index (χ1n) is 8.45. The summed E-state index contributed by atoms with van der Waals surface area (Å²) in [6.45, 7) is 5.55. The maximum atomic E-state index is 12.4. The Kier molecular flexibility index (Phi) is 5.41. The number of carbonyl (C=O) groups is 1. The molecule has 3 aromatic rings. The average molecular weight is 387 g/mol. The van der Waals surface area contributed by atoms with E-state index in [-0.39, 0.29) is 29.8 Å². The van der Waals surface area contributed by atoms with E-state index in [0.717, 1.165) is 5.56 Å². The molecule has 1 aromatic carbocycles. The molecule has 7 nitrogen and oxygen atoms in total. The molecule has 0 saturated carbocycles. The first-order valence-corrected chi connectivity index (χ1v) is 8.83. The third-order valence-electron chi connectivity index (χ3n) is 3.98. The zero-order chi connectivity index (χ0) is 19.6. The number of rotatable bonds is 5. The van der Waals surface area contributed by atoms with Crippen LogP contribution in [0.15, 0.2) is 45.7 Å². The summed E-state index contributed by atoms with van der Waals surface area (Å²) in [4.78, 5) is 29.1. The van der Waals surface area contributed by atoms with Crippen molar-refractivity contribution in [3.8, 4) is 11.6 Å². The normalized spacial score (nSPS) is 11.0. The predicted octanol–water partition coefficient (Wildman–Crippen LogP) is 3.62. The molecule has 0 spiro atoms. The second-order valence-corrected chi connectivity index (χ2v) is 6.87. The van der Waals surface area contributed by atoms with Gasteiger partial charge in [0.1, 0.15) is 12.2 Å². The van der Waals surface area contributed by atoms with E-state index >= 15 is 0 Å². The smallest absolute Gasteiger partial charge is 0.274 e. The van der Waals surface area contributed by atoms with Crippen molar-refractivity contribution in [3.63, 3.8) is 0 Å². The molecule has 0 aliphatic rings. The van der Waals surface area contributed by atoms with E-state index in [9.17, 15) is 9.59 Å². The molecule has 8 heteroatoms. The third kappa shape index (κ3) is 4.25. The minimum Gasteiger partial charge on any atom is -0.332 e. The van der Waals surface area contributed by atoms with E-state index in [1.165, 1.54) is 10.6 Å². The molecule has 0 aliphatic carbocycles. The molecule has 0 atom stereocenters. The molecular formula is C19H19ClN4O3. The van der Waals surface area contributed by atoms with E-state index in [2.05, 4.69) is 15.5 Å². The number of hydrogen-bond acceptors (Lipinski definition) is 5. The van der Waals surface area contributed by atoms with Gasteiger partial charge in [0, 0.05) is 22.7 Å². The van der Waals surface area contributed by atoms with Crippen molar-refractivity contribution in [3.05, 3.63) is 63.2 Å². The van der Waals surface area contributed by atoms with Crippen molar-refractivity contribution in [2.75, 3.05) is 5.32 Å². The Morgan fingerprint density at radius 3 is 2.74 bits per heavy atom. The van der Waals surface area contributed by atoms with Crippen LogP contribution in [0, 0.1) is 6.92 Å². The molecular weight excluding hydrogens is 368 g/mol. The molecule has 0 bridgehead atoms. The van der Waals surface area contributed by atoms with Crippen LogP contribution < -0.4 is 10.9 Å². The summed E-state index contributed by atoms with van der Waals surface area (Å²) in [6.07, 6.45) is 0. The Hall–Kier alpha value is -2.93. The molecule has 1 N–H and O–H groups in total. The lowest BCUT2D eigenvalue weighted by atomic mass is 10.2. The molecule has 0 aliphatic heterocycles. The van der Waals surface area contributed by atoms with Gasteiger partial charge in [-0.05, 0) is 30.7 Å². The Morgan fingerprint density at radius 2 is 2.07 bits per heavy atom. The van der Waals surface area contributed by atoms with Crippen LogP contribution in [0.3, 0.4) is 0 Å². The fourth-order valence-electron chi connectivity index (χ4n) is 2.46. The summed E-state index contributed by atoms with van der Waals surface area (Å²) in [7, 11) is 0. The average Bonchev–Trinajstić information content (AvgIpc) is 3.10. The summed E-state index contributed by atoms with van der Waals surface area (Å²) in [5.74, 6) is 0.447. The highest BCUT2D eigenvalue weighted by molar-refractivity contribution is 6.31. The number of anilines is 1. The highest BCUT2D eigenvalue weighted by Gasteiger charge is 2.17. The topological polar surface area (TPSA) is 90.0 Å². The van der Waals surface area contributed by atoms with Crippen LogP contribution in [-0.4, -0.2) is 20.6 Å². The van der Waals surface area contributed by atoms with Gasteiger partial charge in [0.15, 0.2) is 5.82 Å². The predicted molar refractivity (Wildman–Crippen MR) is 103 cm³/mol. The number of carbonyl (C=O) groups excluding carboxylic acids is 1. The molecule has 27 heavy (non-hydrogen) atoms. The maximum absolute atomic E-state index is 12.4. The summed E-state index contributed by atoms with van der Waals surface area (Å²) in [5.41, 5.74) is 1.52. The summed E-state index contributed by atoms with van der Waals surface area (Å²) < 4.78 is 6.56. The van der Waals surface area contributed by atoms with Gasteiger partial charge in [-0.1, -0.05) is 42.7 Å². The van der Waals surface area contributed by atoms with Crippen molar-refractivity contribution >= 4 is 23.2 Å². The number of halogens is 1. The van der Waals surface area contributed by atoms with E-state index in [1.807, 2.05) is 26.8 Å². The largest absolute Gasteiger partial charge is 0.332 e. The number of pyridine rings is 1. The van der Waals surface area contributed by atoms with Gasteiger partial charge < -0.3 is 9.84 Å². The molecule has 0 radical (unpaired) electrons.